The van der Waals surface area contributed by atoms with Crippen LogP contribution in [0.25, 0.3) is 0 Å². The van der Waals surface area contributed by atoms with E-state index in [0.717, 1.165) is 5.56 Å². The molecule has 0 bridgehead atoms. The van der Waals surface area contributed by atoms with Gasteiger partial charge in [0.05, 0.1) is 0 Å². The Hall–Kier alpha value is -3.60. The van der Waals surface area contributed by atoms with Crippen molar-refractivity contribution >= 4 is 28.9 Å². The molecule has 0 saturated heterocycles. The number of benzene rings is 3. The lowest BCUT2D eigenvalue weighted by atomic mass is 10.1. The summed E-state index contributed by atoms with van der Waals surface area (Å²) < 4.78 is 0. The van der Waals surface area contributed by atoms with Gasteiger partial charge >= 0.3 is 0 Å². The van der Waals surface area contributed by atoms with E-state index in [2.05, 4.69) is 10.6 Å². The molecule has 5 heteroatoms. The standard InChI is InChI=1S/C21H19N3O2/c1-14-2-4-15(5-3-14)20(25)23-18-10-12-19(13-11-18)24-21(26)16-6-8-17(22)9-7-16/h2-13H,22H2,1H3,(H,23,25)(H,24,26). The molecule has 0 radical (unpaired) electrons. The van der Waals surface area contributed by atoms with E-state index < -0.39 is 0 Å². The number of amides is 2. The van der Waals surface area contributed by atoms with Gasteiger partial charge in [0.15, 0.2) is 0 Å². The minimum atomic E-state index is -0.221. The molecule has 0 fully saturated rings. The van der Waals surface area contributed by atoms with Crippen LogP contribution >= 0.6 is 0 Å². The first-order valence-corrected chi connectivity index (χ1v) is 8.16. The molecule has 0 unspecified atom stereocenters. The van der Waals surface area contributed by atoms with Crippen molar-refractivity contribution < 1.29 is 9.59 Å². The largest absolute Gasteiger partial charge is 0.399 e. The van der Waals surface area contributed by atoms with Crippen molar-refractivity contribution in [2.24, 2.45) is 0 Å². The van der Waals surface area contributed by atoms with Crippen molar-refractivity contribution in [3.8, 4) is 0 Å². The molecule has 5 nitrogen and oxygen atoms in total. The van der Waals surface area contributed by atoms with E-state index in [0.29, 0.717) is 28.2 Å². The topological polar surface area (TPSA) is 84.2 Å². The van der Waals surface area contributed by atoms with Gasteiger partial charge in [-0.2, -0.15) is 0 Å². The number of nitrogens with one attached hydrogen (secondary N) is 2. The van der Waals surface area contributed by atoms with E-state index in [1.807, 2.05) is 19.1 Å². The van der Waals surface area contributed by atoms with Gasteiger partial charge in [-0.15, -0.1) is 0 Å². The van der Waals surface area contributed by atoms with E-state index in [-0.39, 0.29) is 11.8 Å². The van der Waals surface area contributed by atoms with Crippen LogP contribution in [0.1, 0.15) is 26.3 Å². The van der Waals surface area contributed by atoms with E-state index in [9.17, 15) is 9.59 Å². The molecule has 3 aromatic carbocycles. The molecule has 130 valence electrons. The van der Waals surface area contributed by atoms with Crippen molar-refractivity contribution in [2.75, 3.05) is 16.4 Å². The molecular weight excluding hydrogens is 326 g/mol. The summed E-state index contributed by atoms with van der Waals surface area (Å²) >= 11 is 0. The Morgan fingerprint density at radius 1 is 0.654 bits per heavy atom. The predicted molar refractivity (Wildman–Crippen MR) is 104 cm³/mol. The van der Waals surface area contributed by atoms with Crippen molar-refractivity contribution in [1.82, 2.24) is 0 Å². The highest BCUT2D eigenvalue weighted by Crippen LogP contribution is 2.16. The van der Waals surface area contributed by atoms with Crippen LogP contribution in [0.3, 0.4) is 0 Å². The van der Waals surface area contributed by atoms with Gasteiger partial charge < -0.3 is 16.4 Å². The van der Waals surface area contributed by atoms with E-state index in [1.54, 1.807) is 60.7 Å². The molecule has 0 heterocycles. The summed E-state index contributed by atoms with van der Waals surface area (Å²) in [7, 11) is 0. The Morgan fingerprint density at radius 2 is 1.04 bits per heavy atom. The van der Waals surface area contributed by atoms with Gasteiger partial charge in [-0.05, 0) is 67.6 Å². The Labute approximate surface area is 151 Å². The third-order valence-electron chi connectivity index (χ3n) is 3.89. The van der Waals surface area contributed by atoms with Crippen LogP contribution in [0.4, 0.5) is 17.1 Å². The number of carbonyl (C=O) groups is 2. The Kier molecular flexibility index (Phi) is 4.99. The molecule has 3 aromatic rings. The lowest BCUT2D eigenvalue weighted by molar-refractivity contribution is 0.101. The molecule has 0 spiro atoms. The monoisotopic (exact) mass is 345 g/mol. The van der Waals surface area contributed by atoms with Gasteiger partial charge in [0.1, 0.15) is 0 Å². The van der Waals surface area contributed by atoms with Crippen molar-refractivity contribution in [1.29, 1.82) is 0 Å². The SMILES string of the molecule is Cc1ccc(C(=O)Nc2ccc(NC(=O)c3ccc(N)cc3)cc2)cc1. The molecule has 0 aliphatic carbocycles. The molecule has 26 heavy (non-hydrogen) atoms. The van der Waals surface area contributed by atoms with Crippen LogP contribution in [0.5, 0.6) is 0 Å². The fraction of sp³-hybridized carbons (Fsp3) is 0.0476. The number of carbonyl (C=O) groups excluding carboxylic acids is 2. The highest BCUT2D eigenvalue weighted by molar-refractivity contribution is 6.05. The Balaban J connectivity index is 1.62. The number of hydrogen-bond acceptors (Lipinski definition) is 3. The molecular formula is C21H19N3O2. The maximum absolute atomic E-state index is 12.2. The van der Waals surface area contributed by atoms with E-state index in [4.69, 9.17) is 5.73 Å². The van der Waals surface area contributed by atoms with Gasteiger partial charge in [-0.3, -0.25) is 9.59 Å². The van der Waals surface area contributed by atoms with Crippen molar-refractivity contribution in [3.05, 3.63) is 89.5 Å². The van der Waals surface area contributed by atoms with Crippen LogP contribution < -0.4 is 16.4 Å². The third-order valence-corrected chi connectivity index (χ3v) is 3.89. The first-order chi connectivity index (χ1) is 12.5. The van der Waals surface area contributed by atoms with Gasteiger partial charge in [0.2, 0.25) is 0 Å². The molecule has 0 saturated carbocycles. The molecule has 3 rings (SSSR count). The second-order valence-corrected chi connectivity index (χ2v) is 5.97. The molecule has 0 aliphatic rings. The second kappa shape index (κ2) is 7.53. The third kappa shape index (κ3) is 4.27. The molecule has 0 aliphatic heterocycles. The van der Waals surface area contributed by atoms with Crippen LogP contribution in [-0.2, 0) is 0 Å². The zero-order valence-electron chi connectivity index (χ0n) is 14.3. The van der Waals surface area contributed by atoms with Crippen LogP contribution in [0.2, 0.25) is 0 Å². The van der Waals surface area contributed by atoms with Crippen molar-refractivity contribution in [2.45, 2.75) is 6.92 Å². The van der Waals surface area contributed by atoms with Crippen LogP contribution in [0, 0.1) is 6.92 Å². The number of aryl methyl sites for hydroxylation is 1. The van der Waals surface area contributed by atoms with Gasteiger partial charge in [-0.25, -0.2) is 0 Å². The minimum absolute atomic E-state index is 0.177. The van der Waals surface area contributed by atoms with Crippen LogP contribution in [0.15, 0.2) is 72.8 Å². The lowest BCUT2D eigenvalue weighted by Gasteiger charge is -2.08. The molecule has 0 aromatic heterocycles. The first-order valence-electron chi connectivity index (χ1n) is 8.16. The highest BCUT2D eigenvalue weighted by Gasteiger charge is 2.08. The number of anilines is 3. The normalized spacial score (nSPS) is 10.2. The number of hydrogen-bond donors (Lipinski definition) is 3. The zero-order chi connectivity index (χ0) is 18.5. The van der Waals surface area contributed by atoms with E-state index in [1.165, 1.54) is 0 Å². The highest BCUT2D eigenvalue weighted by atomic mass is 16.2. The minimum Gasteiger partial charge on any atom is -0.399 e. The van der Waals surface area contributed by atoms with Gasteiger partial charge in [-0.1, -0.05) is 17.7 Å². The summed E-state index contributed by atoms with van der Waals surface area (Å²) in [5.74, 6) is -0.398. The maximum atomic E-state index is 12.2. The van der Waals surface area contributed by atoms with Crippen LogP contribution in [-0.4, -0.2) is 11.8 Å². The predicted octanol–water partition coefficient (Wildman–Crippen LogP) is 4.08. The molecule has 4 N–H and O–H groups in total. The summed E-state index contributed by atoms with van der Waals surface area (Å²) in [5, 5.41) is 5.63. The summed E-state index contributed by atoms with van der Waals surface area (Å²) in [6.45, 7) is 1.97. The summed E-state index contributed by atoms with van der Waals surface area (Å²) in [4.78, 5) is 24.4. The number of rotatable bonds is 4. The van der Waals surface area contributed by atoms with Gasteiger partial charge in [0, 0.05) is 28.2 Å². The smallest absolute Gasteiger partial charge is 0.255 e. The lowest BCUT2D eigenvalue weighted by Crippen LogP contribution is -2.13. The second-order valence-electron chi connectivity index (χ2n) is 5.97. The summed E-state index contributed by atoms with van der Waals surface area (Å²) in [5.41, 5.74) is 9.74. The van der Waals surface area contributed by atoms with Gasteiger partial charge in [0.25, 0.3) is 11.8 Å². The summed E-state index contributed by atoms with van der Waals surface area (Å²) in [6.07, 6.45) is 0. The number of nitrogen functional groups attached to an aromatic ring is 1. The fourth-order valence-corrected chi connectivity index (χ4v) is 2.38. The Morgan fingerprint density at radius 3 is 1.46 bits per heavy atom. The molecule has 0 atom stereocenters. The average Bonchev–Trinajstić information content (AvgIpc) is 2.64. The Bertz CT molecular complexity index is 836. The quantitative estimate of drug-likeness (QED) is 0.623. The van der Waals surface area contributed by atoms with E-state index >= 15 is 0 Å². The fourth-order valence-electron chi connectivity index (χ4n) is 2.38. The van der Waals surface area contributed by atoms with Crippen molar-refractivity contribution in [3.63, 3.8) is 0 Å². The average molecular weight is 345 g/mol. The molecule has 2 amide bonds. The summed E-state index contributed by atoms with van der Waals surface area (Å²) in [6, 6.07) is 21.0. The number of nitrogens with two attached hydrogens (primary N) is 1. The first kappa shape index (κ1) is 17.2. The maximum Gasteiger partial charge on any atom is 0.255 e. The zero-order valence-corrected chi connectivity index (χ0v) is 14.3.